The van der Waals surface area contributed by atoms with Gasteiger partial charge in [0.2, 0.25) is 5.91 Å². The maximum atomic E-state index is 13.1. The summed E-state index contributed by atoms with van der Waals surface area (Å²) in [5.74, 6) is -0.187. The lowest BCUT2D eigenvalue weighted by Gasteiger charge is -2.40. The number of aliphatic hydroxyl groups is 5. The van der Waals surface area contributed by atoms with E-state index in [0.717, 1.165) is 64.2 Å². The van der Waals surface area contributed by atoms with Crippen molar-refractivity contribution >= 4 is 5.91 Å². The summed E-state index contributed by atoms with van der Waals surface area (Å²) in [4.78, 5) is 13.1. The first-order valence-electron chi connectivity index (χ1n) is 34.2. The van der Waals surface area contributed by atoms with Gasteiger partial charge < -0.3 is 40.3 Å². The highest BCUT2D eigenvalue weighted by atomic mass is 16.7. The molecular weight excluding hydrogens is 995 g/mol. The van der Waals surface area contributed by atoms with Crippen molar-refractivity contribution in [3.8, 4) is 0 Å². The van der Waals surface area contributed by atoms with Crippen LogP contribution in [0.2, 0.25) is 0 Å². The molecule has 0 aromatic carbocycles. The third-order valence-corrected chi connectivity index (χ3v) is 16.0. The summed E-state index contributed by atoms with van der Waals surface area (Å²) in [6.45, 7) is 3.75. The number of unbranched alkanes of at least 4 members (excludes halogenated alkanes) is 39. The van der Waals surface area contributed by atoms with Crippen LogP contribution in [0.4, 0.5) is 0 Å². The van der Waals surface area contributed by atoms with Crippen LogP contribution in [-0.2, 0) is 14.3 Å². The molecule has 466 valence electrons. The van der Waals surface area contributed by atoms with E-state index >= 15 is 0 Å². The Morgan fingerprint density at radius 1 is 0.425 bits per heavy atom. The largest absolute Gasteiger partial charge is 0.394 e. The highest BCUT2D eigenvalue weighted by Crippen LogP contribution is 2.23. The van der Waals surface area contributed by atoms with Gasteiger partial charge in [0, 0.05) is 6.42 Å². The van der Waals surface area contributed by atoms with Crippen molar-refractivity contribution in [2.24, 2.45) is 0 Å². The number of amides is 1. The standard InChI is InChI=1S/C71H129NO8/c1-3-5-7-9-11-13-15-17-19-21-22-23-24-25-26-27-28-29-30-31-32-33-34-35-36-37-38-39-40-41-42-43-44-45-47-49-51-53-55-57-59-61-67(75)72-64(63-79-71-70(78)69(77)68(76)66(62-73)80-71)65(74)60-58-56-54-52-50-48-46-20-18-16-14-12-10-8-6-4-2/h15,17-18,20-22,24-25,50,52,58,60,64-66,68-71,73-74,76-78H,3-14,16,19,23,26-49,51,53-57,59,61-63H2,1-2H3,(H,72,75)/b17-15-,20-18+,22-21-,25-24-,52-50+,60-58+. The molecule has 1 aliphatic rings. The van der Waals surface area contributed by atoms with Crippen molar-refractivity contribution in [1.29, 1.82) is 0 Å². The van der Waals surface area contributed by atoms with Gasteiger partial charge in [-0.25, -0.2) is 0 Å². The fraction of sp³-hybridized carbons (Fsp3) is 0.817. The van der Waals surface area contributed by atoms with Crippen LogP contribution in [-0.4, -0.2) is 87.5 Å². The zero-order chi connectivity index (χ0) is 57.9. The van der Waals surface area contributed by atoms with Gasteiger partial charge in [0.15, 0.2) is 6.29 Å². The third-order valence-electron chi connectivity index (χ3n) is 16.0. The predicted molar refractivity (Wildman–Crippen MR) is 341 cm³/mol. The molecule has 0 aliphatic carbocycles. The summed E-state index contributed by atoms with van der Waals surface area (Å²) in [6, 6.07) is -0.829. The van der Waals surface area contributed by atoms with Crippen molar-refractivity contribution in [2.75, 3.05) is 13.2 Å². The third kappa shape index (κ3) is 48.0. The van der Waals surface area contributed by atoms with Crippen LogP contribution in [0.5, 0.6) is 0 Å². The van der Waals surface area contributed by atoms with Crippen molar-refractivity contribution < 1.29 is 39.8 Å². The molecule has 1 amide bonds. The number of ether oxygens (including phenoxy) is 2. The molecule has 0 spiro atoms. The van der Waals surface area contributed by atoms with E-state index in [4.69, 9.17) is 9.47 Å². The number of aliphatic hydroxyl groups excluding tert-OH is 5. The quantitative estimate of drug-likeness (QED) is 0.0261. The average Bonchev–Trinajstić information content (AvgIpc) is 3.46. The van der Waals surface area contributed by atoms with E-state index in [0.29, 0.717) is 6.42 Å². The molecule has 0 aromatic rings. The molecule has 1 heterocycles. The maximum absolute atomic E-state index is 13.1. The summed E-state index contributed by atoms with van der Waals surface area (Å²) in [6.07, 6.45) is 77.4. The molecule has 9 nitrogen and oxygen atoms in total. The zero-order valence-corrected chi connectivity index (χ0v) is 52.1. The summed E-state index contributed by atoms with van der Waals surface area (Å²) >= 11 is 0. The summed E-state index contributed by atoms with van der Waals surface area (Å²) in [5.41, 5.74) is 0. The Labute approximate surface area is 493 Å². The lowest BCUT2D eigenvalue weighted by molar-refractivity contribution is -0.302. The Hall–Kier alpha value is -2.37. The molecule has 1 saturated heterocycles. The second kappa shape index (κ2) is 59.8. The first kappa shape index (κ1) is 75.6. The SMILES string of the molecule is CCCCCCC/C=C\C/C=C\C/C=C\CCCCCCCCCCCCCCCCCCCCCCCCCCCCC(=O)NC(COC1OC(CO)C(O)C(O)C1O)C(O)/C=C/CC/C=C/CC/C=C/CCCCCCCC. The first-order chi connectivity index (χ1) is 39.3. The molecule has 1 rings (SSSR count). The fourth-order valence-electron chi connectivity index (χ4n) is 10.6. The van der Waals surface area contributed by atoms with E-state index in [1.807, 2.05) is 6.08 Å². The number of hydrogen-bond donors (Lipinski definition) is 6. The minimum Gasteiger partial charge on any atom is -0.394 e. The second-order valence-corrected chi connectivity index (χ2v) is 23.6. The molecule has 6 N–H and O–H groups in total. The average molecular weight is 1120 g/mol. The molecule has 0 aromatic heterocycles. The highest BCUT2D eigenvalue weighted by Gasteiger charge is 2.44. The van der Waals surface area contributed by atoms with Gasteiger partial charge in [0.25, 0.3) is 0 Å². The molecule has 7 atom stereocenters. The van der Waals surface area contributed by atoms with E-state index in [-0.39, 0.29) is 12.5 Å². The Morgan fingerprint density at radius 2 is 0.750 bits per heavy atom. The Balaban J connectivity index is 2.05. The first-order valence-corrected chi connectivity index (χ1v) is 34.2. The number of allylic oxidation sites excluding steroid dienone is 11. The van der Waals surface area contributed by atoms with Crippen molar-refractivity contribution in [3.05, 3.63) is 72.9 Å². The van der Waals surface area contributed by atoms with E-state index in [2.05, 4.69) is 79.9 Å². The van der Waals surface area contributed by atoms with Gasteiger partial charge in [0.1, 0.15) is 24.4 Å². The number of hydrogen-bond acceptors (Lipinski definition) is 8. The van der Waals surface area contributed by atoms with Gasteiger partial charge in [0.05, 0.1) is 25.4 Å². The van der Waals surface area contributed by atoms with Crippen LogP contribution in [0.1, 0.15) is 316 Å². The molecule has 9 heteroatoms. The van der Waals surface area contributed by atoms with Crippen LogP contribution in [0.25, 0.3) is 0 Å². The lowest BCUT2D eigenvalue weighted by Crippen LogP contribution is -2.60. The van der Waals surface area contributed by atoms with Crippen molar-refractivity contribution in [1.82, 2.24) is 5.32 Å². The Morgan fingerprint density at radius 3 is 1.14 bits per heavy atom. The summed E-state index contributed by atoms with van der Waals surface area (Å²) in [5, 5.41) is 54.5. The predicted octanol–water partition coefficient (Wildman–Crippen LogP) is 18.4. The van der Waals surface area contributed by atoms with Gasteiger partial charge in [-0.15, -0.1) is 0 Å². The summed E-state index contributed by atoms with van der Waals surface area (Å²) in [7, 11) is 0. The fourth-order valence-corrected chi connectivity index (χ4v) is 10.6. The molecule has 7 unspecified atom stereocenters. The number of carbonyl (C=O) groups excluding carboxylic acids is 1. The van der Waals surface area contributed by atoms with Crippen LogP contribution < -0.4 is 5.32 Å². The van der Waals surface area contributed by atoms with Crippen molar-refractivity contribution in [2.45, 2.75) is 358 Å². The van der Waals surface area contributed by atoms with E-state index in [9.17, 15) is 30.3 Å². The molecule has 0 saturated carbocycles. The van der Waals surface area contributed by atoms with Gasteiger partial charge in [-0.2, -0.15) is 0 Å². The molecule has 1 aliphatic heterocycles. The second-order valence-electron chi connectivity index (χ2n) is 23.6. The number of carbonyl (C=O) groups is 1. The highest BCUT2D eigenvalue weighted by molar-refractivity contribution is 5.76. The molecule has 1 fully saturated rings. The Bertz CT molecular complexity index is 1490. The smallest absolute Gasteiger partial charge is 0.220 e. The number of rotatable bonds is 59. The van der Waals surface area contributed by atoms with Gasteiger partial charge in [-0.05, 0) is 83.5 Å². The molecule has 0 bridgehead atoms. The molecular formula is C71H129NO8. The van der Waals surface area contributed by atoms with Crippen LogP contribution in [0.15, 0.2) is 72.9 Å². The minimum absolute atomic E-state index is 0.187. The van der Waals surface area contributed by atoms with Crippen LogP contribution in [0, 0.1) is 0 Å². The van der Waals surface area contributed by atoms with Gasteiger partial charge in [-0.1, -0.05) is 299 Å². The number of nitrogens with one attached hydrogen (secondary N) is 1. The van der Waals surface area contributed by atoms with E-state index < -0.39 is 49.5 Å². The minimum atomic E-state index is -1.58. The summed E-state index contributed by atoms with van der Waals surface area (Å²) < 4.78 is 11.3. The van der Waals surface area contributed by atoms with Gasteiger partial charge in [-0.3, -0.25) is 4.79 Å². The Kier molecular flexibility index (Phi) is 56.5. The van der Waals surface area contributed by atoms with E-state index in [1.54, 1.807) is 6.08 Å². The van der Waals surface area contributed by atoms with Crippen molar-refractivity contribution in [3.63, 3.8) is 0 Å². The molecule has 0 radical (unpaired) electrons. The monoisotopic (exact) mass is 1120 g/mol. The molecule has 80 heavy (non-hydrogen) atoms. The van der Waals surface area contributed by atoms with E-state index in [1.165, 1.54) is 231 Å². The zero-order valence-electron chi connectivity index (χ0n) is 52.1. The van der Waals surface area contributed by atoms with Gasteiger partial charge >= 0.3 is 0 Å². The maximum Gasteiger partial charge on any atom is 0.220 e. The topological polar surface area (TPSA) is 149 Å². The van der Waals surface area contributed by atoms with Crippen LogP contribution >= 0.6 is 0 Å². The lowest BCUT2D eigenvalue weighted by atomic mass is 9.99. The van der Waals surface area contributed by atoms with Crippen LogP contribution in [0.3, 0.4) is 0 Å². The normalized spacial score (nSPS) is 18.9.